The minimum Gasteiger partial charge on any atom is -0.336 e. The molecule has 1 saturated heterocycles. The number of carbonyl (C=O) groups is 2. The molecule has 3 rings (SSSR count). The number of benzene rings is 2. The van der Waals surface area contributed by atoms with E-state index >= 15 is 0 Å². The van der Waals surface area contributed by atoms with Gasteiger partial charge in [-0.25, -0.2) is 8.42 Å². The summed E-state index contributed by atoms with van der Waals surface area (Å²) in [6, 6.07) is 12.6. The van der Waals surface area contributed by atoms with Crippen LogP contribution in [0.15, 0.2) is 47.4 Å². The summed E-state index contributed by atoms with van der Waals surface area (Å²) in [6.07, 6.45) is 0.875. The molecule has 2 aromatic carbocycles. The van der Waals surface area contributed by atoms with E-state index in [4.69, 9.17) is 0 Å². The Hall–Kier alpha value is -2.71. The lowest BCUT2D eigenvalue weighted by molar-refractivity contribution is -0.138. The molecule has 172 valence electrons. The van der Waals surface area contributed by atoms with Gasteiger partial charge >= 0.3 is 0 Å². The third-order valence-electron chi connectivity index (χ3n) is 5.89. The molecule has 1 N–H and O–H groups in total. The fraction of sp³-hybridized carbons (Fsp3) is 0.417. The van der Waals surface area contributed by atoms with Gasteiger partial charge in [-0.15, -0.1) is 0 Å². The highest BCUT2D eigenvalue weighted by Gasteiger charge is 2.33. The normalized spacial score (nSPS) is 15.4. The number of hydrogen-bond acceptors (Lipinski definition) is 4. The maximum absolute atomic E-state index is 12.9. The average Bonchev–Trinajstić information content (AvgIpc) is 2.76. The van der Waals surface area contributed by atoms with Crippen molar-refractivity contribution < 1.29 is 18.0 Å². The number of nitrogens with zero attached hydrogens (tertiary/aromatic N) is 2. The Bertz CT molecular complexity index is 1090. The van der Waals surface area contributed by atoms with Crippen molar-refractivity contribution in [2.45, 2.75) is 38.5 Å². The Kier molecular flexibility index (Phi) is 7.36. The SMILES string of the molecule is Cc1ccc(S(=O)(=O)N2CCC(C(=O)N(C)CC(=O)Nc3cc(C)ccc3C)CC2)cc1. The molecule has 0 aromatic heterocycles. The topological polar surface area (TPSA) is 86.8 Å². The maximum Gasteiger partial charge on any atom is 0.243 e. The third-order valence-corrected chi connectivity index (χ3v) is 7.80. The fourth-order valence-corrected chi connectivity index (χ4v) is 5.34. The minimum atomic E-state index is -3.57. The van der Waals surface area contributed by atoms with Gasteiger partial charge in [-0.2, -0.15) is 4.31 Å². The van der Waals surface area contributed by atoms with Gasteiger partial charge in [0.15, 0.2) is 0 Å². The van der Waals surface area contributed by atoms with Crippen LogP contribution in [0.1, 0.15) is 29.5 Å². The van der Waals surface area contributed by atoms with E-state index in [2.05, 4.69) is 5.32 Å². The number of nitrogens with one attached hydrogen (secondary N) is 1. The molecule has 1 aliphatic heterocycles. The zero-order valence-corrected chi connectivity index (χ0v) is 19.9. The largest absolute Gasteiger partial charge is 0.336 e. The fourth-order valence-electron chi connectivity index (χ4n) is 3.87. The van der Waals surface area contributed by atoms with Crippen LogP contribution in [0.3, 0.4) is 0 Å². The molecule has 0 atom stereocenters. The van der Waals surface area contributed by atoms with Crippen molar-refractivity contribution in [2.24, 2.45) is 5.92 Å². The van der Waals surface area contributed by atoms with E-state index in [1.54, 1.807) is 31.3 Å². The highest BCUT2D eigenvalue weighted by molar-refractivity contribution is 7.89. The maximum atomic E-state index is 12.9. The molecule has 0 bridgehead atoms. The van der Waals surface area contributed by atoms with Gasteiger partial charge < -0.3 is 10.2 Å². The van der Waals surface area contributed by atoms with Crippen LogP contribution >= 0.6 is 0 Å². The number of rotatable bonds is 6. The average molecular weight is 458 g/mol. The summed E-state index contributed by atoms with van der Waals surface area (Å²) in [7, 11) is -1.95. The van der Waals surface area contributed by atoms with Gasteiger partial charge in [0.1, 0.15) is 0 Å². The molecule has 0 spiro atoms. The lowest BCUT2D eigenvalue weighted by atomic mass is 9.96. The first kappa shape index (κ1) is 23.9. The zero-order valence-electron chi connectivity index (χ0n) is 19.1. The van der Waals surface area contributed by atoms with Gasteiger partial charge in [0.05, 0.1) is 11.4 Å². The highest BCUT2D eigenvalue weighted by Crippen LogP contribution is 2.25. The number of likely N-dealkylation sites (N-methyl/N-ethyl adjacent to an activating group) is 1. The van der Waals surface area contributed by atoms with Crippen molar-refractivity contribution in [2.75, 3.05) is 32.0 Å². The van der Waals surface area contributed by atoms with Crippen LogP contribution in [0.25, 0.3) is 0 Å². The monoisotopic (exact) mass is 457 g/mol. The van der Waals surface area contributed by atoms with Crippen molar-refractivity contribution in [3.05, 3.63) is 59.2 Å². The van der Waals surface area contributed by atoms with Gasteiger partial charge in [-0.3, -0.25) is 9.59 Å². The Labute approximate surface area is 190 Å². The van der Waals surface area contributed by atoms with Gasteiger partial charge in [0.25, 0.3) is 0 Å². The molecule has 0 aliphatic carbocycles. The van der Waals surface area contributed by atoms with Gasteiger partial charge in [0, 0.05) is 31.7 Å². The number of anilines is 1. The lowest BCUT2D eigenvalue weighted by Crippen LogP contribution is -2.45. The second kappa shape index (κ2) is 9.83. The first-order valence-electron chi connectivity index (χ1n) is 10.8. The van der Waals surface area contributed by atoms with E-state index in [0.717, 1.165) is 22.4 Å². The van der Waals surface area contributed by atoms with E-state index in [1.165, 1.54) is 9.21 Å². The van der Waals surface area contributed by atoms with Gasteiger partial charge in [-0.05, 0) is 62.9 Å². The van der Waals surface area contributed by atoms with Crippen molar-refractivity contribution in [1.29, 1.82) is 0 Å². The van der Waals surface area contributed by atoms with E-state index in [1.807, 2.05) is 39.0 Å². The molecule has 8 heteroatoms. The van der Waals surface area contributed by atoms with E-state index in [0.29, 0.717) is 12.8 Å². The standard InChI is InChI=1S/C24H31N3O4S/c1-17-6-9-21(10-7-17)32(30,31)27-13-11-20(12-14-27)24(29)26(4)16-23(28)25-22-15-18(2)5-8-19(22)3/h5-10,15,20H,11-14,16H2,1-4H3,(H,25,28). The number of aryl methyl sites for hydroxylation is 3. The minimum absolute atomic E-state index is 0.0475. The molecular formula is C24H31N3O4S. The van der Waals surface area contributed by atoms with Crippen molar-refractivity contribution >= 4 is 27.5 Å². The van der Waals surface area contributed by atoms with Crippen LogP contribution in [0.2, 0.25) is 0 Å². The van der Waals surface area contributed by atoms with E-state index < -0.39 is 10.0 Å². The van der Waals surface area contributed by atoms with Crippen molar-refractivity contribution in [1.82, 2.24) is 9.21 Å². The van der Waals surface area contributed by atoms with E-state index in [-0.39, 0.29) is 42.3 Å². The van der Waals surface area contributed by atoms with Crippen molar-refractivity contribution in [3.8, 4) is 0 Å². The summed E-state index contributed by atoms with van der Waals surface area (Å²) in [6.45, 7) is 6.31. The Balaban J connectivity index is 1.54. The number of sulfonamides is 1. The van der Waals surface area contributed by atoms with Gasteiger partial charge in [-0.1, -0.05) is 29.8 Å². The molecule has 0 unspecified atom stereocenters. The van der Waals surface area contributed by atoms with Crippen molar-refractivity contribution in [3.63, 3.8) is 0 Å². The first-order valence-corrected chi connectivity index (χ1v) is 12.2. The molecule has 0 saturated carbocycles. The lowest BCUT2D eigenvalue weighted by Gasteiger charge is -2.32. The molecule has 0 radical (unpaired) electrons. The molecule has 1 aliphatic rings. The quantitative estimate of drug-likeness (QED) is 0.722. The summed E-state index contributed by atoms with van der Waals surface area (Å²) in [4.78, 5) is 27.0. The molecule has 2 aromatic rings. The van der Waals surface area contributed by atoms with Crippen LogP contribution in [0.5, 0.6) is 0 Å². The second-order valence-corrected chi connectivity index (χ2v) is 10.5. The van der Waals surface area contributed by atoms with Crippen LogP contribution in [0.4, 0.5) is 5.69 Å². The third kappa shape index (κ3) is 5.55. The molecule has 2 amide bonds. The van der Waals surface area contributed by atoms with Crippen LogP contribution in [-0.4, -0.2) is 56.1 Å². The predicted octanol–water partition coefficient (Wildman–Crippen LogP) is 3.11. The van der Waals surface area contributed by atoms with Crippen LogP contribution in [-0.2, 0) is 19.6 Å². The number of carbonyl (C=O) groups excluding carboxylic acids is 2. The summed E-state index contributed by atoms with van der Waals surface area (Å²) < 4.78 is 27.2. The summed E-state index contributed by atoms with van der Waals surface area (Å²) in [5.74, 6) is -0.680. The first-order chi connectivity index (χ1) is 15.1. The van der Waals surface area contributed by atoms with Crippen LogP contribution in [0, 0.1) is 26.7 Å². The number of amides is 2. The smallest absolute Gasteiger partial charge is 0.243 e. The molecule has 1 heterocycles. The van der Waals surface area contributed by atoms with E-state index in [9.17, 15) is 18.0 Å². The summed E-state index contributed by atoms with van der Waals surface area (Å²) in [5.41, 5.74) is 3.74. The molecule has 32 heavy (non-hydrogen) atoms. The van der Waals surface area contributed by atoms with Crippen LogP contribution < -0.4 is 5.32 Å². The Morgan fingerprint density at radius 2 is 1.59 bits per heavy atom. The number of piperidine rings is 1. The van der Waals surface area contributed by atoms with Gasteiger partial charge in [0.2, 0.25) is 21.8 Å². The Morgan fingerprint density at radius 1 is 1.00 bits per heavy atom. The number of hydrogen-bond donors (Lipinski definition) is 1. The summed E-state index contributed by atoms with van der Waals surface area (Å²) >= 11 is 0. The second-order valence-electron chi connectivity index (χ2n) is 8.55. The molecular weight excluding hydrogens is 426 g/mol. The Morgan fingerprint density at radius 3 is 2.22 bits per heavy atom. The molecule has 1 fully saturated rings. The highest BCUT2D eigenvalue weighted by atomic mass is 32.2. The molecule has 7 nitrogen and oxygen atoms in total. The zero-order chi connectivity index (χ0) is 23.5. The predicted molar refractivity (Wildman–Crippen MR) is 125 cm³/mol. The summed E-state index contributed by atoms with van der Waals surface area (Å²) in [5, 5.41) is 2.87.